The topological polar surface area (TPSA) is 41.1 Å². The van der Waals surface area contributed by atoms with Gasteiger partial charge < -0.3 is 10.6 Å². The SMILES string of the molecule is O=C(NCCS)NCc1ccc(F)cc1. The molecule has 0 fully saturated rings. The monoisotopic (exact) mass is 228 g/mol. The molecule has 0 spiro atoms. The molecule has 0 heterocycles. The van der Waals surface area contributed by atoms with E-state index >= 15 is 0 Å². The van der Waals surface area contributed by atoms with Gasteiger partial charge in [0.1, 0.15) is 5.82 Å². The molecule has 1 rings (SSSR count). The molecule has 0 saturated carbocycles. The summed E-state index contributed by atoms with van der Waals surface area (Å²) in [4.78, 5) is 11.1. The van der Waals surface area contributed by atoms with E-state index in [-0.39, 0.29) is 11.8 Å². The number of benzene rings is 1. The zero-order valence-electron chi connectivity index (χ0n) is 8.16. The van der Waals surface area contributed by atoms with Crippen LogP contribution in [0.25, 0.3) is 0 Å². The molecule has 0 radical (unpaired) electrons. The van der Waals surface area contributed by atoms with Crippen LogP contribution in [0.2, 0.25) is 0 Å². The van der Waals surface area contributed by atoms with Crippen LogP contribution in [0.5, 0.6) is 0 Å². The van der Waals surface area contributed by atoms with E-state index in [0.717, 1.165) is 5.56 Å². The summed E-state index contributed by atoms with van der Waals surface area (Å²) in [6.45, 7) is 0.914. The van der Waals surface area contributed by atoms with Gasteiger partial charge in [0.05, 0.1) is 0 Å². The van der Waals surface area contributed by atoms with Crippen molar-refractivity contribution in [3.63, 3.8) is 0 Å². The molecular weight excluding hydrogens is 215 g/mol. The first-order chi connectivity index (χ1) is 7.22. The van der Waals surface area contributed by atoms with Crippen molar-refractivity contribution < 1.29 is 9.18 Å². The van der Waals surface area contributed by atoms with Gasteiger partial charge in [-0.25, -0.2) is 9.18 Å². The van der Waals surface area contributed by atoms with Crippen molar-refractivity contribution in [2.75, 3.05) is 12.3 Å². The maximum Gasteiger partial charge on any atom is 0.315 e. The number of thiol groups is 1. The van der Waals surface area contributed by atoms with E-state index < -0.39 is 0 Å². The van der Waals surface area contributed by atoms with Gasteiger partial charge in [0.2, 0.25) is 0 Å². The van der Waals surface area contributed by atoms with Crippen LogP contribution in [-0.4, -0.2) is 18.3 Å². The number of rotatable bonds is 4. The lowest BCUT2D eigenvalue weighted by atomic mass is 10.2. The summed E-state index contributed by atoms with van der Waals surface area (Å²) in [6.07, 6.45) is 0. The van der Waals surface area contributed by atoms with Gasteiger partial charge in [-0.1, -0.05) is 12.1 Å². The first-order valence-electron chi connectivity index (χ1n) is 4.59. The Hall–Kier alpha value is -1.23. The van der Waals surface area contributed by atoms with Crippen LogP contribution in [0.4, 0.5) is 9.18 Å². The van der Waals surface area contributed by atoms with Crippen molar-refractivity contribution >= 4 is 18.7 Å². The number of urea groups is 1. The van der Waals surface area contributed by atoms with Gasteiger partial charge in [-0.15, -0.1) is 0 Å². The summed E-state index contributed by atoms with van der Waals surface area (Å²) >= 11 is 3.96. The molecular formula is C10H13FN2OS. The number of nitrogens with one attached hydrogen (secondary N) is 2. The van der Waals surface area contributed by atoms with E-state index in [2.05, 4.69) is 23.3 Å². The lowest BCUT2D eigenvalue weighted by molar-refractivity contribution is 0.241. The largest absolute Gasteiger partial charge is 0.337 e. The molecule has 0 saturated heterocycles. The normalized spacial score (nSPS) is 9.73. The minimum absolute atomic E-state index is 0.242. The number of halogens is 1. The predicted octanol–water partition coefficient (Wildman–Crippen LogP) is 1.55. The maximum atomic E-state index is 12.5. The van der Waals surface area contributed by atoms with Crippen LogP contribution < -0.4 is 10.6 Å². The minimum atomic E-state index is -0.279. The quantitative estimate of drug-likeness (QED) is 0.672. The van der Waals surface area contributed by atoms with Crippen molar-refractivity contribution in [3.05, 3.63) is 35.6 Å². The molecule has 15 heavy (non-hydrogen) atoms. The summed E-state index contributed by atoms with van der Waals surface area (Å²) in [5, 5.41) is 5.26. The number of carbonyl (C=O) groups is 1. The highest BCUT2D eigenvalue weighted by molar-refractivity contribution is 7.80. The molecule has 1 aromatic carbocycles. The van der Waals surface area contributed by atoms with Crippen LogP contribution in [-0.2, 0) is 6.54 Å². The fourth-order valence-corrected chi connectivity index (χ4v) is 1.13. The van der Waals surface area contributed by atoms with Gasteiger partial charge in [-0.2, -0.15) is 12.6 Å². The third-order valence-corrected chi connectivity index (χ3v) is 1.99. The number of hydrogen-bond acceptors (Lipinski definition) is 2. The molecule has 0 aliphatic carbocycles. The zero-order chi connectivity index (χ0) is 11.1. The fraction of sp³-hybridized carbons (Fsp3) is 0.300. The molecule has 0 aliphatic heterocycles. The second kappa shape index (κ2) is 6.29. The van der Waals surface area contributed by atoms with Crippen LogP contribution in [0.15, 0.2) is 24.3 Å². The van der Waals surface area contributed by atoms with Gasteiger partial charge in [-0.05, 0) is 17.7 Å². The average Bonchev–Trinajstić information content (AvgIpc) is 2.25. The molecule has 0 bridgehead atoms. The van der Waals surface area contributed by atoms with Crippen molar-refractivity contribution in [1.29, 1.82) is 0 Å². The van der Waals surface area contributed by atoms with Gasteiger partial charge in [0.25, 0.3) is 0 Å². The highest BCUT2D eigenvalue weighted by atomic mass is 32.1. The van der Waals surface area contributed by atoms with Crippen LogP contribution in [0, 0.1) is 5.82 Å². The van der Waals surface area contributed by atoms with E-state index in [4.69, 9.17) is 0 Å². The zero-order valence-corrected chi connectivity index (χ0v) is 9.06. The van der Waals surface area contributed by atoms with E-state index in [0.29, 0.717) is 18.8 Å². The van der Waals surface area contributed by atoms with Crippen molar-refractivity contribution in [2.45, 2.75) is 6.54 Å². The van der Waals surface area contributed by atoms with Crippen LogP contribution in [0.3, 0.4) is 0 Å². The maximum absolute atomic E-state index is 12.5. The van der Waals surface area contributed by atoms with Crippen molar-refractivity contribution in [3.8, 4) is 0 Å². The van der Waals surface area contributed by atoms with Crippen LogP contribution in [0.1, 0.15) is 5.56 Å². The van der Waals surface area contributed by atoms with Gasteiger partial charge in [0.15, 0.2) is 0 Å². The molecule has 5 heteroatoms. The Morgan fingerprint density at radius 3 is 2.53 bits per heavy atom. The minimum Gasteiger partial charge on any atom is -0.337 e. The summed E-state index contributed by atoms with van der Waals surface area (Å²) in [7, 11) is 0. The van der Waals surface area contributed by atoms with E-state index in [1.165, 1.54) is 12.1 Å². The summed E-state index contributed by atoms with van der Waals surface area (Å²) in [6, 6.07) is 5.75. The smallest absolute Gasteiger partial charge is 0.315 e. The molecule has 0 aliphatic rings. The standard InChI is InChI=1S/C10H13FN2OS/c11-9-3-1-8(2-4-9)7-13-10(14)12-5-6-15/h1-4,15H,5-7H2,(H2,12,13,14). The van der Waals surface area contributed by atoms with E-state index in [1.54, 1.807) is 12.1 Å². The van der Waals surface area contributed by atoms with Gasteiger partial charge in [-0.3, -0.25) is 0 Å². The number of hydrogen-bond donors (Lipinski definition) is 3. The highest BCUT2D eigenvalue weighted by Crippen LogP contribution is 2.01. The number of carbonyl (C=O) groups excluding carboxylic acids is 1. The van der Waals surface area contributed by atoms with Crippen molar-refractivity contribution in [1.82, 2.24) is 10.6 Å². The molecule has 0 atom stereocenters. The molecule has 2 amide bonds. The molecule has 82 valence electrons. The van der Waals surface area contributed by atoms with Gasteiger partial charge >= 0.3 is 6.03 Å². The Morgan fingerprint density at radius 1 is 1.27 bits per heavy atom. The first-order valence-corrected chi connectivity index (χ1v) is 5.22. The lowest BCUT2D eigenvalue weighted by Gasteiger charge is -2.06. The molecule has 1 aromatic rings. The average molecular weight is 228 g/mol. The predicted molar refractivity (Wildman–Crippen MR) is 60.5 cm³/mol. The number of amides is 2. The summed E-state index contributed by atoms with van der Waals surface area (Å²) in [5.74, 6) is 0.322. The molecule has 3 nitrogen and oxygen atoms in total. The Morgan fingerprint density at radius 2 is 1.93 bits per heavy atom. The Bertz CT molecular complexity index is 316. The third kappa shape index (κ3) is 4.69. The third-order valence-electron chi connectivity index (χ3n) is 1.76. The Kier molecular flexibility index (Phi) is 4.97. The van der Waals surface area contributed by atoms with Crippen LogP contribution >= 0.6 is 12.6 Å². The first kappa shape index (κ1) is 11.8. The Balaban J connectivity index is 2.30. The summed E-state index contributed by atoms with van der Waals surface area (Å²) < 4.78 is 12.5. The molecule has 0 aromatic heterocycles. The second-order valence-corrected chi connectivity index (χ2v) is 3.41. The molecule has 0 unspecified atom stereocenters. The van der Waals surface area contributed by atoms with Gasteiger partial charge in [0, 0.05) is 18.8 Å². The molecule has 2 N–H and O–H groups in total. The Labute approximate surface area is 93.5 Å². The summed E-state index contributed by atoms with van der Waals surface area (Å²) in [5.41, 5.74) is 0.859. The lowest BCUT2D eigenvalue weighted by Crippen LogP contribution is -2.36. The van der Waals surface area contributed by atoms with E-state index in [1.807, 2.05) is 0 Å². The highest BCUT2D eigenvalue weighted by Gasteiger charge is 1.98. The fourth-order valence-electron chi connectivity index (χ4n) is 1.02. The second-order valence-electron chi connectivity index (χ2n) is 2.96. The van der Waals surface area contributed by atoms with E-state index in [9.17, 15) is 9.18 Å². The van der Waals surface area contributed by atoms with Crippen molar-refractivity contribution in [2.24, 2.45) is 0 Å².